The van der Waals surface area contributed by atoms with E-state index in [1.807, 2.05) is 0 Å². The molecule has 1 saturated carbocycles. The van der Waals surface area contributed by atoms with E-state index in [1.165, 1.54) is 0 Å². The Morgan fingerprint density at radius 2 is 2.30 bits per heavy atom. The molecule has 0 aromatic carbocycles. The number of nitrogens with one attached hydrogen (secondary N) is 2. The van der Waals surface area contributed by atoms with Crippen LogP contribution in [0.15, 0.2) is 27.8 Å². The van der Waals surface area contributed by atoms with E-state index in [1.54, 1.807) is 32.4 Å². The van der Waals surface area contributed by atoms with E-state index in [0.29, 0.717) is 36.3 Å². The number of hydrogen-bond acceptors (Lipinski definition) is 4. The van der Waals surface area contributed by atoms with Crippen LogP contribution in [0.4, 0.5) is 0 Å². The fourth-order valence-corrected chi connectivity index (χ4v) is 3.89. The Bertz CT molecular complexity index is 566. The summed E-state index contributed by atoms with van der Waals surface area (Å²) < 4.78 is 11.1. The lowest BCUT2D eigenvalue weighted by Gasteiger charge is -2.55. The lowest BCUT2D eigenvalue weighted by atomic mass is 9.57. The monoisotopic (exact) mass is 321 g/mol. The molecule has 1 aliphatic carbocycles. The third-order valence-corrected chi connectivity index (χ3v) is 5.27. The molecule has 0 spiro atoms. The second-order valence-electron chi connectivity index (χ2n) is 7.36. The first-order chi connectivity index (χ1) is 10.9. The third-order valence-electron chi connectivity index (χ3n) is 5.27. The van der Waals surface area contributed by atoms with E-state index < -0.39 is 5.60 Å². The highest BCUT2D eigenvalue weighted by atomic mass is 16.5. The Kier molecular flexibility index (Phi) is 4.14. The fraction of sp³-hybridized carbons (Fsp3) is 0.706. The molecule has 6 heteroatoms. The topological polar surface area (TPSA) is 79.0 Å². The van der Waals surface area contributed by atoms with Crippen LogP contribution in [0.1, 0.15) is 33.0 Å². The lowest BCUT2D eigenvalue weighted by molar-refractivity contribution is -0.106. The summed E-state index contributed by atoms with van der Waals surface area (Å²) in [7, 11) is 1.74. The Morgan fingerprint density at radius 3 is 2.96 bits per heavy atom. The highest BCUT2D eigenvalue weighted by Gasteiger charge is 2.59. The molecule has 6 nitrogen and oxygen atoms in total. The number of fused-ring (bicyclic) bond motifs is 1. The maximum absolute atomic E-state index is 10.5. The van der Waals surface area contributed by atoms with Crippen molar-refractivity contribution < 1.29 is 14.3 Å². The van der Waals surface area contributed by atoms with Crippen molar-refractivity contribution in [2.45, 2.75) is 44.9 Å². The standard InChI is InChI=1S/C17H27N3O3/c1-16(2)13(11-7-9-23-14(11)16)20-15(18-4)19-10-17(3,21)12-6-5-8-22-12/h5-6,8,11,13-14,21H,7,9-10H2,1-4H3,(H2,18,19,20). The van der Waals surface area contributed by atoms with Gasteiger partial charge in [-0.1, -0.05) is 13.8 Å². The Balaban J connectivity index is 1.59. The minimum atomic E-state index is -1.09. The average molecular weight is 321 g/mol. The van der Waals surface area contributed by atoms with Crippen LogP contribution in [0.25, 0.3) is 0 Å². The van der Waals surface area contributed by atoms with Gasteiger partial charge in [-0.15, -0.1) is 0 Å². The predicted octanol–water partition coefficient (Wildman–Crippen LogP) is 1.47. The van der Waals surface area contributed by atoms with Crippen molar-refractivity contribution in [2.24, 2.45) is 16.3 Å². The van der Waals surface area contributed by atoms with Gasteiger partial charge in [-0.2, -0.15) is 0 Å². The number of furan rings is 1. The molecule has 1 aliphatic heterocycles. The Labute approximate surface area is 137 Å². The number of hydrogen-bond donors (Lipinski definition) is 3. The summed E-state index contributed by atoms with van der Waals surface area (Å²) in [5.41, 5.74) is -1.00. The molecule has 3 N–H and O–H groups in total. The molecule has 23 heavy (non-hydrogen) atoms. The van der Waals surface area contributed by atoms with Gasteiger partial charge in [-0.3, -0.25) is 4.99 Å². The molecule has 4 unspecified atom stereocenters. The van der Waals surface area contributed by atoms with E-state index >= 15 is 0 Å². The van der Waals surface area contributed by atoms with Crippen LogP contribution in [-0.2, 0) is 10.3 Å². The van der Waals surface area contributed by atoms with Gasteiger partial charge in [0.05, 0.1) is 18.9 Å². The molecule has 0 amide bonds. The molecule has 2 heterocycles. The first-order valence-electron chi connectivity index (χ1n) is 8.21. The molecular formula is C17H27N3O3. The number of rotatable bonds is 4. The second-order valence-corrected chi connectivity index (χ2v) is 7.36. The van der Waals surface area contributed by atoms with E-state index in [2.05, 4.69) is 29.5 Å². The van der Waals surface area contributed by atoms with Crippen molar-refractivity contribution in [1.82, 2.24) is 10.6 Å². The van der Waals surface area contributed by atoms with Crippen LogP contribution < -0.4 is 10.6 Å². The van der Waals surface area contributed by atoms with E-state index in [0.717, 1.165) is 13.0 Å². The van der Waals surface area contributed by atoms with Gasteiger partial charge in [0, 0.05) is 31.0 Å². The summed E-state index contributed by atoms with van der Waals surface area (Å²) in [6.07, 6.45) is 2.99. The number of aliphatic imine (C=N–C) groups is 1. The quantitative estimate of drug-likeness (QED) is 0.578. The van der Waals surface area contributed by atoms with Gasteiger partial charge in [0.25, 0.3) is 0 Å². The molecule has 1 saturated heterocycles. The van der Waals surface area contributed by atoms with Crippen molar-refractivity contribution >= 4 is 5.96 Å². The van der Waals surface area contributed by atoms with Gasteiger partial charge in [0.2, 0.25) is 0 Å². The number of ether oxygens (including phenoxy) is 1. The largest absolute Gasteiger partial charge is 0.466 e. The fourth-order valence-electron chi connectivity index (χ4n) is 3.89. The molecule has 3 rings (SSSR count). The third kappa shape index (κ3) is 2.85. The number of guanidine groups is 1. The predicted molar refractivity (Wildman–Crippen MR) is 88.2 cm³/mol. The van der Waals surface area contributed by atoms with Crippen molar-refractivity contribution in [3.8, 4) is 0 Å². The van der Waals surface area contributed by atoms with Gasteiger partial charge >= 0.3 is 0 Å². The SMILES string of the molecule is CN=C(NCC(C)(O)c1ccco1)NC1C2CCOC2C1(C)C. The zero-order valence-electron chi connectivity index (χ0n) is 14.3. The van der Waals surface area contributed by atoms with Gasteiger partial charge < -0.3 is 24.9 Å². The normalized spacial score (nSPS) is 31.9. The molecule has 2 fully saturated rings. The Morgan fingerprint density at radius 1 is 1.52 bits per heavy atom. The highest BCUT2D eigenvalue weighted by Crippen LogP contribution is 2.52. The molecular weight excluding hydrogens is 294 g/mol. The molecule has 0 bridgehead atoms. The van der Waals surface area contributed by atoms with Crippen molar-refractivity contribution in [3.63, 3.8) is 0 Å². The van der Waals surface area contributed by atoms with Crippen LogP contribution in [0.2, 0.25) is 0 Å². The Hall–Kier alpha value is -1.53. The minimum Gasteiger partial charge on any atom is -0.466 e. The molecule has 1 aromatic heterocycles. The summed E-state index contributed by atoms with van der Waals surface area (Å²) in [6, 6.07) is 3.87. The zero-order valence-corrected chi connectivity index (χ0v) is 14.3. The minimum absolute atomic E-state index is 0.0856. The maximum atomic E-state index is 10.5. The van der Waals surface area contributed by atoms with Gasteiger partial charge in [0.1, 0.15) is 11.4 Å². The van der Waals surface area contributed by atoms with Gasteiger partial charge in [-0.05, 0) is 25.5 Å². The summed E-state index contributed by atoms with van der Waals surface area (Å²) in [4.78, 5) is 4.29. The second kappa shape index (κ2) is 5.83. The maximum Gasteiger partial charge on any atom is 0.191 e. The lowest BCUT2D eigenvalue weighted by Crippen LogP contribution is -2.68. The summed E-state index contributed by atoms with van der Waals surface area (Å²) in [5.74, 6) is 1.77. The number of aliphatic hydroxyl groups is 1. The van der Waals surface area contributed by atoms with Crippen LogP contribution in [-0.4, -0.2) is 43.4 Å². The molecule has 0 radical (unpaired) electrons. The molecule has 128 valence electrons. The van der Waals surface area contributed by atoms with E-state index in [4.69, 9.17) is 9.15 Å². The number of nitrogens with zero attached hydrogens (tertiary/aromatic N) is 1. The van der Waals surface area contributed by atoms with Crippen LogP contribution in [0.5, 0.6) is 0 Å². The first kappa shape index (κ1) is 16.3. The zero-order chi connectivity index (χ0) is 16.7. The smallest absolute Gasteiger partial charge is 0.191 e. The highest BCUT2D eigenvalue weighted by molar-refractivity contribution is 5.80. The molecule has 4 atom stereocenters. The average Bonchev–Trinajstić information content (AvgIpc) is 3.18. The summed E-state index contributed by atoms with van der Waals surface area (Å²) >= 11 is 0. The van der Waals surface area contributed by atoms with Crippen molar-refractivity contribution in [2.75, 3.05) is 20.2 Å². The van der Waals surface area contributed by atoms with Crippen LogP contribution in [0, 0.1) is 11.3 Å². The first-order valence-corrected chi connectivity index (χ1v) is 8.21. The van der Waals surface area contributed by atoms with E-state index in [-0.39, 0.29) is 5.41 Å². The summed E-state index contributed by atoms with van der Waals surface area (Å²) in [6.45, 7) is 7.33. The van der Waals surface area contributed by atoms with Gasteiger partial charge in [-0.25, -0.2) is 0 Å². The van der Waals surface area contributed by atoms with Crippen molar-refractivity contribution in [1.29, 1.82) is 0 Å². The molecule has 1 aromatic rings. The van der Waals surface area contributed by atoms with Crippen LogP contribution >= 0.6 is 0 Å². The summed E-state index contributed by atoms with van der Waals surface area (Å²) in [5, 5.41) is 17.2. The van der Waals surface area contributed by atoms with E-state index in [9.17, 15) is 5.11 Å². The van der Waals surface area contributed by atoms with Gasteiger partial charge in [0.15, 0.2) is 5.96 Å². The van der Waals surface area contributed by atoms with Crippen LogP contribution in [0.3, 0.4) is 0 Å². The van der Waals surface area contributed by atoms with Crippen molar-refractivity contribution in [3.05, 3.63) is 24.2 Å². The molecule has 2 aliphatic rings.